The van der Waals surface area contributed by atoms with Crippen LogP contribution in [0.5, 0.6) is 0 Å². The summed E-state index contributed by atoms with van der Waals surface area (Å²) in [7, 11) is 0. The maximum atomic E-state index is 11.2. The van der Waals surface area contributed by atoms with Crippen LogP contribution in [-0.4, -0.2) is 21.0 Å². The van der Waals surface area contributed by atoms with E-state index in [1.54, 1.807) is 30.3 Å². The van der Waals surface area contributed by atoms with Crippen LogP contribution in [-0.2, 0) is 0 Å². The van der Waals surface area contributed by atoms with E-state index in [2.05, 4.69) is 4.98 Å². The number of nitro groups is 1. The molecule has 0 fully saturated rings. The third-order valence-corrected chi connectivity index (χ3v) is 3.50. The van der Waals surface area contributed by atoms with Gasteiger partial charge in [-0.15, -0.1) is 0 Å². The second kappa shape index (κ2) is 5.27. The molecule has 0 aliphatic carbocycles. The van der Waals surface area contributed by atoms with Crippen molar-refractivity contribution in [2.75, 3.05) is 0 Å². The van der Waals surface area contributed by atoms with Gasteiger partial charge in [0.05, 0.1) is 16.6 Å². The van der Waals surface area contributed by atoms with Crippen molar-refractivity contribution < 1.29 is 14.8 Å². The molecule has 7 heteroatoms. The number of fused-ring (bicyclic) bond motifs is 1. The Morgan fingerprint density at radius 3 is 2.70 bits per heavy atom. The summed E-state index contributed by atoms with van der Waals surface area (Å²) in [4.78, 5) is 24.3. The highest BCUT2D eigenvalue weighted by molar-refractivity contribution is 6.04. The second-order valence-electron chi connectivity index (χ2n) is 4.86. The number of carboxylic acid groups (broad SMARTS) is 1. The Hall–Kier alpha value is -3.66. The van der Waals surface area contributed by atoms with E-state index >= 15 is 0 Å². The first-order valence-corrected chi connectivity index (χ1v) is 6.55. The minimum Gasteiger partial charge on any atom is -0.477 e. The first-order chi connectivity index (χ1) is 11.0. The number of aromatic amines is 1. The van der Waals surface area contributed by atoms with Gasteiger partial charge in [0.1, 0.15) is 11.2 Å². The molecule has 2 N–H and O–H groups in total. The number of aromatic nitrogens is 1. The van der Waals surface area contributed by atoms with E-state index in [9.17, 15) is 14.9 Å². The van der Waals surface area contributed by atoms with Gasteiger partial charge in [0, 0.05) is 11.5 Å². The van der Waals surface area contributed by atoms with Crippen molar-refractivity contribution in [3.8, 4) is 17.2 Å². The molecule has 7 nitrogen and oxygen atoms in total. The number of nitrogens with one attached hydrogen (secondary N) is 1. The molecular weight excluding hydrogens is 298 g/mol. The van der Waals surface area contributed by atoms with Crippen LogP contribution in [0.15, 0.2) is 42.5 Å². The van der Waals surface area contributed by atoms with E-state index in [0.717, 1.165) is 0 Å². The average Bonchev–Trinajstić information content (AvgIpc) is 2.99. The first-order valence-electron chi connectivity index (χ1n) is 6.55. The molecule has 3 aromatic rings. The number of rotatable bonds is 3. The van der Waals surface area contributed by atoms with Gasteiger partial charge in [0.2, 0.25) is 0 Å². The molecule has 0 aliphatic heterocycles. The Kier molecular flexibility index (Phi) is 3.27. The molecule has 2 aromatic carbocycles. The van der Waals surface area contributed by atoms with Crippen LogP contribution >= 0.6 is 0 Å². The van der Waals surface area contributed by atoms with E-state index in [4.69, 9.17) is 10.4 Å². The van der Waals surface area contributed by atoms with Crippen LogP contribution in [0.2, 0.25) is 0 Å². The van der Waals surface area contributed by atoms with Crippen molar-refractivity contribution in [1.29, 1.82) is 5.26 Å². The van der Waals surface area contributed by atoms with E-state index in [0.29, 0.717) is 22.1 Å². The van der Waals surface area contributed by atoms with Crippen molar-refractivity contribution >= 4 is 22.6 Å². The fourth-order valence-corrected chi connectivity index (χ4v) is 2.48. The molecule has 3 rings (SSSR count). The first kappa shape index (κ1) is 14.3. The average molecular weight is 307 g/mol. The highest BCUT2D eigenvalue weighted by Crippen LogP contribution is 2.35. The van der Waals surface area contributed by atoms with Crippen LogP contribution in [0, 0.1) is 21.4 Å². The standard InChI is InChI=1S/C16H9N3O4/c17-8-9-2-1-3-10(6-9)11-4-5-14(19(22)23)15-12(11)7-13(18-15)16(20)21/h1-7,18H,(H,20,21). The minimum atomic E-state index is -1.20. The smallest absolute Gasteiger partial charge is 0.352 e. The molecule has 0 unspecified atom stereocenters. The summed E-state index contributed by atoms with van der Waals surface area (Å²) in [6.45, 7) is 0. The van der Waals surface area contributed by atoms with Crippen molar-refractivity contribution in [2.24, 2.45) is 0 Å². The Labute approximate surface area is 129 Å². The third-order valence-electron chi connectivity index (χ3n) is 3.50. The largest absolute Gasteiger partial charge is 0.477 e. The number of nitriles is 1. The van der Waals surface area contributed by atoms with Crippen LogP contribution in [0.4, 0.5) is 5.69 Å². The van der Waals surface area contributed by atoms with Crippen LogP contribution in [0.25, 0.3) is 22.0 Å². The van der Waals surface area contributed by atoms with Crippen molar-refractivity contribution in [3.05, 3.63) is 63.8 Å². The molecule has 0 aliphatic rings. The van der Waals surface area contributed by atoms with Crippen LogP contribution < -0.4 is 0 Å². The van der Waals surface area contributed by atoms with E-state index in [1.165, 1.54) is 12.1 Å². The van der Waals surface area contributed by atoms with Gasteiger partial charge >= 0.3 is 5.97 Å². The maximum absolute atomic E-state index is 11.2. The van der Waals surface area contributed by atoms with Gasteiger partial charge in [-0.2, -0.15) is 5.26 Å². The number of H-pyrrole nitrogens is 1. The van der Waals surface area contributed by atoms with Gasteiger partial charge in [0.25, 0.3) is 5.69 Å². The number of benzene rings is 2. The molecule has 0 bridgehead atoms. The summed E-state index contributed by atoms with van der Waals surface area (Å²) in [6, 6.07) is 13.0. The zero-order valence-corrected chi connectivity index (χ0v) is 11.6. The summed E-state index contributed by atoms with van der Waals surface area (Å²) in [5.41, 5.74) is 1.56. The van der Waals surface area contributed by atoms with Gasteiger partial charge in [-0.3, -0.25) is 10.1 Å². The maximum Gasteiger partial charge on any atom is 0.352 e. The highest BCUT2D eigenvalue weighted by Gasteiger charge is 2.20. The van der Waals surface area contributed by atoms with Gasteiger partial charge in [-0.05, 0) is 35.4 Å². The van der Waals surface area contributed by atoms with Crippen molar-refractivity contribution in [2.45, 2.75) is 0 Å². The lowest BCUT2D eigenvalue weighted by Crippen LogP contribution is -1.95. The van der Waals surface area contributed by atoms with E-state index in [-0.39, 0.29) is 16.9 Å². The Bertz CT molecular complexity index is 998. The lowest BCUT2D eigenvalue weighted by atomic mass is 9.99. The molecule has 0 amide bonds. The second-order valence-corrected chi connectivity index (χ2v) is 4.86. The summed E-state index contributed by atoms with van der Waals surface area (Å²) in [5, 5.41) is 29.7. The molecule has 0 radical (unpaired) electrons. The fraction of sp³-hybridized carbons (Fsp3) is 0. The Morgan fingerprint density at radius 1 is 1.26 bits per heavy atom. The number of nitrogens with zero attached hydrogens (tertiary/aromatic N) is 2. The third kappa shape index (κ3) is 2.38. The number of hydrogen-bond donors (Lipinski definition) is 2. The predicted octanol–water partition coefficient (Wildman–Crippen LogP) is 3.31. The fourth-order valence-electron chi connectivity index (χ4n) is 2.48. The van der Waals surface area contributed by atoms with Gasteiger partial charge in [-0.1, -0.05) is 12.1 Å². The van der Waals surface area contributed by atoms with Crippen molar-refractivity contribution in [1.82, 2.24) is 4.98 Å². The molecule has 1 aromatic heterocycles. The summed E-state index contributed by atoms with van der Waals surface area (Å²) in [5.74, 6) is -1.20. The topological polar surface area (TPSA) is 120 Å². The highest BCUT2D eigenvalue weighted by atomic mass is 16.6. The SMILES string of the molecule is N#Cc1cccc(-c2ccc([N+](=O)[O-])c3[nH]c(C(=O)O)cc23)c1. The van der Waals surface area contributed by atoms with Crippen LogP contribution in [0.3, 0.4) is 0 Å². The molecular formula is C16H9N3O4. The quantitative estimate of drug-likeness (QED) is 0.568. The van der Waals surface area contributed by atoms with Crippen molar-refractivity contribution in [3.63, 3.8) is 0 Å². The lowest BCUT2D eigenvalue weighted by Gasteiger charge is -2.04. The van der Waals surface area contributed by atoms with Gasteiger partial charge in [0.15, 0.2) is 0 Å². The molecule has 0 atom stereocenters. The van der Waals surface area contributed by atoms with E-state index in [1.807, 2.05) is 6.07 Å². The zero-order chi connectivity index (χ0) is 16.6. The monoisotopic (exact) mass is 307 g/mol. The van der Waals surface area contributed by atoms with Gasteiger partial charge in [-0.25, -0.2) is 4.79 Å². The molecule has 1 heterocycles. The number of hydrogen-bond acceptors (Lipinski definition) is 4. The number of nitro benzene ring substituents is 1. The summed E-state index contributed by atoms with van der Waals surface area (Å²) in [6.07, 6.45) is 0. The molecule has 112 valence electrons. The minimum absolute atomic E-state index is 0.132. The van der Waals surface area contributed by atoms with E-state index < -0.39 is 10.9 Å². The predicted molar refractivity (Wildman–Crippen MR) is 82.1 cm³/mol. The molecule has 0 spiro atoms. The number of carboxylic acids is 1. The number of carbonyl (C=O) groups is 1. The van der Waals surface area contributed by atoms with Crippen LogP contribution in [0.1, 0.15) is 16.1 Å². The number of non-ortho nitro benzene ring substituents is 1. The summed E-state index contributed by atoms with van der Waals surface area (Å²) >= 11 is 0. The lowest BCUT2D eigenvalue weighted by molar-refractivity contribution is -0.383. The normalized spacial score (nSPS) is 10.4. The molecule has 23 heavy (non-hydrogen) atoms. The summed E-state index contributed by atoms with van der Waals surface area (Å²) < 4.78 is 0. The molecule has 0 saturated carbocycles. The zero-order valence-electron chi connectivity index (χ0n) is 11.6. The Balaban J connectivity index is 2.34. The number of aromatic carboxylic acids is 1. The molecule has 0 saturated heterocycles. The van der Waals surface area contributed by atoms with Gasteiger partial charge < -0.3 is 10.1 Å². The Morgan fingerprint density at radius 2 is 2.04 bits per heavy atom.